The number of nitrogens with zero attached hydrogens (tertiary/aromatic N) is 4. The fourth-order valence-electron chi connectivity index (χ4n) is 3.54. The molecule has 1 amide bonds. The van der Waals surface area contributed by atoms with Gasteiger partial charge in [0.25, 0.3) is 5.56 Å². The van der Waals surface area contributed by atoms with Gasteiger partial charge in [0.15, 0.2) is 4.80 Å². The van der Waals surface area contributed by atoms with Gasteiger partial charge in [0.1, 0.15) is 5.75 Å². The highest BCUT2D eigenvalue weighted by Gasteiger charge is 2.31. The van der Waals surface area contributed by atoms with Crippen molar-refractivity contribution in [3.05, 3.63) is 78.2 Å². The number of methoxy groups -OCH3 is 1. The number of hydrogen-bond acceptors (Lipinski definition) is 6. The third-order valence-electron chi connectivity index (χ3n) is 5.28. The van der Waals surface area contributed by atoms with Crippen molar-refractivity contribution in [2.24, 2.45) is 17.8 Å². The Morgan fingerprint density at radius 2 is 1.97 bits per heavy atom. The Hall–Kier alpha value is -3.46. The second-order valence-electron chi connectivity index (χ2n) is 7.03. The van der Waals surface area contributed by atoms with Gasteiger partial charge in [-0.2, -0.15) is 5.10 Å². The molecule has 1 aromatic carbocycles. The van der Waals surface area contributed by atoms with Crippen molar-refractivity contribution in [2.75, 3.05) is 7.11 Å². The van der Waals surface area contributed by atoms with Crippen LogP contribution in [0.2, 0.25) is 0 Å². The molecular weight excluding hydrogens is 402 g/mol. The van der Waals surface area contributed by atoms with Crippen LogP contribution >= 0.6 is 11.3 Å². The molecule has 1 aliphatic rings. The summed E-state index contributed by atoms with van der Waals surface area (Å²) in [7, 11) is 3.43. The first-order chi connectivity index (χ1) is 14.3. The summed E-state index contributed by atoms with van der Waals surface area (Å²) >= 11 is 1.28. The molecule has 0 fully saturated rings. The number of carbonyl (C=O) groups is 1. The first kappa shape index (κ1) is 19.8. The third kappa shape index (κ3) is 3.17. The summed E-state index contributed by atoms with van der Waals surface area (Å²) in [5.41, 5.74) is 8.83. The van der Waals surface area contributed by atoms with E-state index < -0.39 is 11.9 Å². The molecule has 3 aromatic rings. The largest absolute Gasteiger partial charge is 0.497 e. The standard InChI is InChI=1S/C21H21N5O3S/c1-11-17(19(22)27)18(13-5-7-15(29-4)8-6-13)26-20(28)16(30-21(26)24-11)9-14-10-23-25(3)12(14)2/h5-10,18H,1-4H3,(H2,22,27)/b16-9+/t18-/m0/s1. The van der Waals surface area contributed by atoms with Crippen molar-refractivity contribution in [1.29, 1.82) is 0 Å². The number of rotatable bonds is 4. The van der Waals surface area contributed by atoms with Crippen molar-refractivity contribution in [3.63, 3.8) is 0 Å². The molecule has 1 atom stereocenters. The molecule has 30 heavy (non-hydrogen) atoms. The Kier molecular flexibility index (Phi) is 4.90. The number of carbonyl (C=O) groups excluding carboxylic acids is 1. The van der Waals surface area contributed by atoms with Gasteiger partial charge in [0, 0.05) is 18.3 Å². The lowest BCUT2D eigenvalue weighted by Crippen LogP contribution is -2.40. The first-order valence-electron chi connectivity index (χ1n) is 9.26. The number of allylic oxidation sites excluding steroid dienone is 1. The van der Waals surface area contributed by atoms with Gasteiger partial charge in [0.05, 0.1) is 35.2 Å². The Morgan fingerprint density at radius 3 is 2.53 bits per heavy atom. The summed E-state index contributed by atoms with van der Waals surface area (Å²) in [6.07, 6.45) is 3.52. The van der Waals surface area contributed by atoms with E-state index in [0.29, 0.717) is 26.4 Å². The predicted molar refractivity (Wildman–Crippen MR) is 114 cm³/mol. The maximum Gasteiger partial charge on any atom is 0.271 e. The molecule has 9 heteroatoms. The number of nitrogens with two attached hydrogens (primary N) is 1. The Bertz CT molecular complexity index is 1360. The third-order valence-corrected chi connectivity index (χ3v) is 6.26. The van der Waals surface area contributed by atoms with Crippen LogP contribution in [0, 0.1) is 6.92 Å². The Morgan fingerprint density at radius 1 is 1.27 bits per heavy atom. The molecule has 2 N–H and O–H groups in total. The Labute approximate surface area is 176 Å². The van der Waals surface area contributed by atoms with Gasteiger partial charge >= 0.3 is 0 Å². The second kappa shape index (κ2) is 7.42. The van der Waals surface area contributed by atoms with Crippen molar-refractivity contribution in [1.82, 2.24) is 14.3 Å². The first-order valence-corrected chi connectivity index (χ1v) is 10.1. The van der Waals surface area contributed by atoms with Crippen molar-refractivity contribution < 1.29 is 9.53 Å². The minimum Gasteiger partial charge on any atom is -0.497 e. The summed E-state index contributed by atoms with van der Waals surface area (Å²) in [5.74, 6) is 0.0778. The lowest BCUT2D eigenvalue weighted by Gasteiger charge is -2.24. The molecule has 3 heterocycles. The van der Waals surface area contributed by atoms with Crippen LogP contribution in [-0.4, -0.2) is 27.4 Å². The number of primary amides is 1. The van der Waals surface area contributed by atoms with Gasteiger partial charge in [-0.1, -0.05) is 23.5 Å². The highest BCUT2D eigenvalue weighted by molar-refractivity contribution is 7.07. The molecule has 4 rings (SSSR count). The molecule has 0 unspecified atom stereocenters. The van der Waals surface area contributed by atoms with Crippen LogP contribution in [0.1, 0.15) is 29.8 Å². The predicted octanol–water partition coefficient (Wildman–Crippen LogP) is 0.771. The molecule has 8 nitrogen and oxygen atoms in total. The molecule has 0 spiro atoms. The van der Waals surface area contributed by atoms with E-state index in [9.17, 15) is 9.59 Å². The van der Waals surface area contributed by atoms with Crippen LogP contribution < -0.4 is 25.4 Å². The van der Waals surface area contributed by atoms with Crippen LogP contribution in [0.3, 0.4) is 0 Å². The van der Waals surface area contributed by atoms with Crippen molar-refractivity contribution in [2.45, 2.75) is 19.9 Å². The molecule has 0 saturated heterocycles. The summed E-state index contributed by atoms with van der Waals surface area (Å²) < 4.78 is 9.03. The number of benzene rings is 1. The van der Waals surface area contributed by atoms with E-state index in [1.54, 1.807) is 43.1 Å². The molecule has 1 aliphatic heterocycles. The normalized spacial score (nSPS) is 16.4. The van der Waals surface area contributed by atoms with Gasteiger partial charge in [-0.3, -0.25) is 18.8 Å². The van der Waals surface area contributed by atoms with E-state index in [-0.39, 0.29) is 5.56 Å². The fourth-order valence-corrected chi connectivity index (χ4v) is 4.57. The van der Waals surface area contributed by atoms with Crippen LogP contribution in [0.25, 0.3) is 6.08 Å². The number of fused-ring (bicyclic) bond motifs is 1. The maximum atomic E-state index is 13.4. The van der Waals surface area contributed by atoms with E-state index in [4.69, 9.17) is 10.5 Å². The molecule has 0 radical (unpaired) electrons. The zero-order chi connectivity index (χ0) is 21.6. The monoisotopic (exact) mass is 423 g/mol. The number of aryl methyl sites for hydroxylation is 1. The Balaban J connectivity index is 1.97. The van der Waals surface area contributed by atoms with Crippen molar-refractivity contribution >= 4 is 23.3 Å². The van der Waals surface area contributed by atoms with E-state index in [2.05, 4.69) is 10.1 Å². The topological polar surface area (TPSA) is 104 Å². The van der Waals surface area contributed by atoms with E-state index in [1.165, 1.54) is 15.9 Å². The number of thiazole rings is 1. The van der Waals surface area contributed by atoms with Gasteiger partial charge < -0.3 is 10.5 Å². The van der Waals surface area contributed by atoms with Gasteiger partial charge in [-0.05, 0) is 37.6 Å². The van der Waals surface area contributed by atoms with Gasteiger partial charge in [-0.25, -0.2) is 4.99 Å². The zero-order valence-electron chi connectivity index (χ0n) is 17.0. The maximum absolute atomic E-state index is 13.4. The average molecular weight is 423 g/mol. The smallest absolute Gasteiger partial charge is 0.271 e. The van der Waals surface area contributed by atoms with Gasteiger partial charge in [0.2, 0.25) is 5.91 Å². The lowest BCUT2D eigenvalue weighted by atomic mass is 9.95. The molecule has 2 aromatic heterocycles. The molecule has 0 aliphatic carbocycles. The molecular formula is C21H21N5O3S. The summed E-state index contributed by atoms with van der Waals surface area (Å²) in [6.45, 7) is 3.67. The number of amides is 1. The minimum atomic E-state index is -0.651. The van der Waals surface area contributed by atoms with Crippen LogP contribution in [0.5, 0.6) is 5.75 Å². The van der Waals surface area contributed by atoms with E-state index in [1.807, 2.05) is 26.1 Å². The highest BCUT2D eigenvalue weighted by atomic mass is 32.1. The number of aromatic nitrogens is 3. The lowest BCUT2D eigenvalue weighted by molar-refractivity contribution is -0.115. The summed E-state index contributed by atoms with van der Waals surface area (Å²) in [4.78, 5) is 30.7. The summed E-state index contributed by atoms with van der Waals surface area (Å²) in [5, 5.41) is 4.23. The number of hydrogen-bond donors (Lipinski definition) is 1. The SMILES string of the molecule is COc1ccc([C@H]2C(C(N)=O)=C(C)N=c3s/c(=C/c4cnn(C)c4C)c(=O)n32)cc1. The van der Waals surface area contributed by atoms with Crippen molar-refractivity contribution in [3.8, 4) is 5.75 Å². The van der Waals surface area contributed by atoms with Crippen LogP contribution in [0.4, 0.5) is 0 Å². The molecule has 0 bridgehead atoms. The van der Waals surface area contributed by atoms with Crippen LogP contribution in [0.15, 0.2) is 51.5 Å². The second-order valence-corrected chi connectivity index (χ2v) is 8.04. The molecule has 0 saturated carbocycles. The number of ether oxygens (including phenoxy) is 1. The fraction of sp³-hybridized carbons (Fsp3) is 0.238. The van der Waals surface area contributed by atoms with E-state index in [0.717, 1.165) is 16.8 Å². The quantitative estimate of drug-likeness (QED) is 0.669. The minimum absolute atomic E-state index is 0.228. The van der Waals surface area contributed by atoms with Gasteiger partial charge in [-0.15, -0.1) is 0 Å². The van der Waals surface area contributed by atoms with Crippen LogP contribution in [-0.2, 0) is 11.8 Å². The molecule has 154 valence electrons. The van der Waals surface area contributed by atoms with E-state index >= 15 is 0 Å². The summed E-state index contributed by atoms with van der Waals surface area (Å²) in [6, 6.07) is 6.58. The average Bonchev–Trinajstić information content (AvgIpc) is 3.20. The highest BCUT2D eigenvalue weighted by Crippen LogP contribution is 2.30. The zero-order valence-corrected chi connectivity index (χ0v) is 17.9.